The number of aliphatic carboxylic acids is 1. The Morgan fingerprint density at radius 1 is 1.42 bits per heavy atom. The molecule has 0 aliphatic carbocycles. The van der Waals surface area contributed by atoms with Gasteiger partial charge < -0.3 is 16.2 Å². The number of anilines is 1. The Labute approximate surface area is 120 Å². The summed E-state index contributed by atoms with van der Waals surface area (Å²) in [6.07, 6.45) is -0.0219. The van der Waals surface area contributed by atoms with Crippen molar-refractivity contribution in [2.75, 3.05) is 5.32 Å². The SMILES string of the molecule is CC(C)C(CC(=O)O)Nc1ccc(Br)cc1C(N)=O. The molecule has 5 nitrogen and oxygen atoms in total. The van der Waals surface area contributed by atoms with Gasteiger partial charge in [-0.1, -0.05) is 29.8 Å². The lowest BCUT2D eigenvalue weighted by atomic mass is 10.00. The van der Waals surface area contributed by atoms with E-state index in [1.807, 2.05) is 13.8 Å². The van der Waals surface area contributed by atoms with Gasteiger partial charge in [-0.05, 0) is 24.1 Å². The molecule has 6 heteroatoms. The van der Waals surface area contributed by atoms with E-state index in [9.17, 15) is 9.59 Å². The van der Waals surface area contributed by atoms with Gasteiger partial charge in [-0.25, -0.2) is 0 Å². The molecule has 0 aromatic heterocycles. The fraction of sp³-hybridized carbons (Fsp3) is 0.385. The molecule has 1 amide bonds. The van der Waals surface area contributed by atoms with Gasteiger partial charge in [-0.2, -0.15) is 0 Å². The predicted octanol–water partition coefficient (Wildman–Crippen LogP) is 2.46. The number of rotatable bonds is 6. The molecule has 0 saturated carbocycles. The molecule has 1 unspecified atom stereocenters. The Balaban J connectivity index is 3.02. The van der Waals surface area contributed by atoms with E-state index in [0.29, 0.717) is 11.3 Å². The maximum atomic E-state index is 11.4. The zero-order valence-corrected chi connectivity index (χ0v) is 12.4. The molecule has 0 aliphatic rings. The average molecular weight is 329 g/mol. The summed E-state index contributed by atoms with van der Waals surface area (Å²) in [5.41, 5.74) is 6.21. The van der Waals surface area contributed by atoms with Crippen LogP contribution in [-0.4, -0.2) is 23.0 Å². The number of carbonyl (C=O) groups is 2. The van der Waals surface area contributed by atoms with Gasteiger partial charge in [-0.3, -0.25) is 9.59 Å². The number of benzene rings is 1. The second kappa shape index (κ2) is 6.56. The number of halogens is 1. The number of amides is 1. The molecule has 0 fully saturated rings. The third kappa shape index (κ3) is 4.55. The van der Waals surface area contributed by atoms with Crippen LogP contribution in [0.15, 0.2) is 22.7 Å². The van der Waals surface area contributed by atoms with E-state index in [-0.39, 0.29) is 18.4 Å². The minimum atomic E-state index is -0.885. The maximum Gasteiger partial charge on any atom is 0.305 e. The highest BCUT2D eigenvalue weighted by Gasteiger charge is 2.19. The monoisotopic (exact) mass is 328 g/mol. The van der Waals surface area contributed by atoms with Gasteiger partial charge in [0, 0.05) is 16.2 Å². The lowest BCUT2D eigenvalue weighted by molar-refractivity contribution is -0.137. The molecule has 0 spiro atoms. The quantitative estimate of drug-likeness (QED) is 0.747. The highest BCUT2D eigenvalue weighted by Crippen LogP contribution is 2.23. The van der Waals surface area contributed by atoms with Crippen LogP contribution in [0, 0.1) is 5.92 Å². The van der Waals surface area contributed by atoms with Crippen LogP contribution < -0.4 is 11.1 Å². The Bertz CT molecular complexity index is 489. The highest BCUT2D eigenvalue weighted by molar-refractivity contribution is 9.10. The van der Waals surface area contributed by atoms with Crippen LogP contribution in [0.2, 0.25) is 0 Å². The van der Waals surface area contributed by atoms with E-state index in [1.54, 1.807) is 18.2 Å². The van der Waals surface area contributed by atoms with E-state index >= 15 is 0 Å². The zero-order valence-electron chi connectivity index (χ0n) is 10.8. The van der Waals surface area contributed by atoms with Crippen LogP contribution in [0.25, 0.3) is 0 Å². The fourth-order valence-corrected chi connectivity index (χ4v) is 2.05. The summed E-state index contributed by atoms with van der Waals surface area (Å²) in [6, 6.07) is 4.83. The summed E-state index contributed by atoms with van der Waals surface area (Å²) in [4.78, 5) is 22.2. The molecule has 104 valence electrons. The minimum absolute atomic E-state index is 0.0219. The van der Waals surface area contributed by atoms with Crippen molar-refractivity contribution in [1.82, 2.24) is 0 Å². The van der Waals surface area contributed by atoms with Gasteiger partial charge in [0.25, 0.3) is 5.91 Å². The molecule has 4 N–H and O–H groups in total. The molecule has 1 rings (SSSR count). The van der Waals surface area contributed by atoms with Gasteiger partial charge >= 0.3 is 5.97 Å². The number of carboxylic acid groups (broad SMARTS) is 1. The van der Waals surface area contributed by atoms with Crippen molar-refractivity contribution in [2.24, 2.45) is 11.7 Å². The number of hydrogen-bond acceptors (Lipinski definition) is 3. The summed E-state index contributed by atoms with van der Waals surface area (Å²) < 4.78 is 0.742. The zero-order chi connectivity index (χ0) is 14.6. The van der Waals surface area contributed by atoms with Crippen molar-refractivity contribution in [3.63, 3.8) is 0 Å². The van der Waals surface area contributed by atoms with Gasteiger partial charge in [0.05, 0.1) is 12.0 Å². The van der Waals surface area contributed by atoms with Gasteiger partial charge in [0.1, 0.15) is 0 Å². The first kappa shape index (κ1) is 15.5. The summed E-state index contributed by atoms with van der Waals surface area (Å²) in [7, 11) is 0. The number of primary amides is 1. The van der Waals surface area contributed by atoms with Crippen molar-refractivity contribution in [2.45, 2.75) is 26.3 Å². The third-order valence-electron chi connectivity index (χ3n) is 2.79. The van der Waals surface area contributed by atoms with E-state index in [0.717, 1.165) is 4.47 Å². The molecule has 1 aromatic carbocycles. The molecule has 0 heterocycles. The highest BCUT2D eigenvalue weighted by atomic mass is 79.9. The summed E-state index contributed by atoms with van der Waals surface area (Å²) in [5, 5.41) is 12.0. The van der Waals surface area contributed by atoms with Gasteiger partial charge in [0.2, 0.25) is 0 Å². The topological polar surface area (TPSA) is 92.4 Å². The largest absolute Gasteiger partial charge is 0.481 e. The van der Waals surface area contributed by atoms with Crippen LogP contribution in [0.5, 0.6) is 0 Å². The van der Waals surface area contributed by atoms with Crippen molar-refractivity contribution < 1.29 is 14.7 Å². The summed E-state index contributed by atoms with van der Waals surface area (Å²) >= 11 is 3.27. The van der Waals surface area contributed by atoms with Crippen molar-refractivity contribution in [3.8, 4) is 0 Å². The molecule has 1 atom stereocenters. The summed E-state index contributed by atoms with van der Waals surface area (Å²) in [5.74, 6) is -1.33. The standard InChI is InChI=1S/C13H17BrN2O3/c1-7(2)11(6-12(17)18)16-10-4-3-8(14)5-9(10)13(15)19/h3-5,7,11,16H,6H2,1-2H3,(H2,15,19)(H,17,18). The predicted molar refractivity (Wildman–Crippen MR) is 77.2 cm³/mol. The number of carbonyl (C=O) groups excluding carboxylic acids is 1. The van der Waals surface area contributed by atoms with Crippen LogP contribution in [0.3, 0.4) is 0 Å². The van der Waals surface area contributed by atoms with Crippen LogP contribution in [-0.2, 0) is 4.79 Å². The third-order valence-corrected chi connectivity index (χ3v) is 3.28. The van der Waals surface area contributed by atoms with E-state index in [4.69, 9.17) is 10.8 Å². The maximum absolute atomic E-state index is 11.4. The van der Waals surface area contributed by atoms with Crippen LogP contribution in [0.4, 0.5) is 5.69 Å². The first-order valence-corrected chi connectivity index (χ1v) is 6.68. The average Bonchev–Trinajstić information content (AvgIpc) is 2.29. The Hall–Kier alpha value is -1.56. The van der Waals surface area contributed by atoms with Crippen LogP contribution >= 0.6 is 15.9 Å². The van der Waals surface area contributed by atoms with Gasteiger partial charge in [0.15, 0.2) is 0 Å². The second-order valence-corrected chi connectivity index (χ2v) is 5.56. The van der Waals surface area contributed by atoms with E-state index in [2.05, 4.69) is 21.2 Å². The van der Waals surface area contributed by atoms with Crippen molar-refractivity contribution in [3.05, 3.63) is 28.2 Å². The van der Waals surface area contributed by atoms with Crippen LogP contribution in [0.1, 0.15) is 30.6 Å². The Morgan fingerprint density at radius 2 is 2.05 bits per heavy atom. The Kier molecular flexibility index (Phi) is 5.35. The normalized spacial score (nSPS) is 12.2. The smallest absolute Gasteiger partial charge is 0.305 e. The first-order chi connectivity index (χ1) is 8.81. The molecule has 19 heavy (non-hydrogen) atoms. The lowest BCUT2D eigenvalue weighted by Crippen LogP contribution is -2.29. The molecular weight excluding hydrogens is 312 g/mol. The Morgan fingerprint density at radius 3 is 2.53 bits per heavy atom. The molecule has 0 saturated heterocycles. The van der Waals surface area contributed by atoms with Crippen molar-refractivity contribution >= 4 is 33.5 Å². The molecule has 1 aromatic rings. The summed E-state index contributed by atoms with van der Waals surface area (Å²) in [6.45, 7) is 3.84. The number of nitrogens with two attached hydrogens (primary N) is 1. The second-order valence-electron chi connectivity index (χ2n) is 4.65. The van der Waals surface area contributed by atoms with E-state index < -0.39 is 11.9 Å². The molecular formula is C13H17BrN2O3. The van der Waals surface area contributed by atoms with Gasteiger partial charge in [-0.15, -0.1) is 0 Å². The number of hydrogen-bond donors (Lipinski definition) is 3. The molecule has 0 bridgehead atoms. The minimum Gasteiger partial charge on any atom is -0.481 e. The molecule has 0 radical (unpaired) electrons. The lowest BCUT2D eigenvalue weighted by Gasteiger charge is -2.23. The first-order valence-electron chi connectivity index (χ1n) is 5.89. The van der Waals surface area contributed by atoms with Crippen molar-refractivity contribution in [1.29, 1.82) is 0 Å². The fourth-order valence-electron chi connectivity index (χ4n) is 1.69. The number of nitrogens with one attached hydrogen (secondary N) is 1. The molecule has 0 aliphatic heterocycles. The number of carboxylic acids is 1. The van der Waals surface area contributed by atoms with E-state index in [1.165, 1.54) is 0 Å².